The molecule has 2 N–H and O–H groups in total. The van der Waals surface area contributed by atoms with Crippen LogP contribution in [0, 0.1) is 26.7 Å². The van der Waals surface area contributed by atoms with E-state index in [2.05, 4.69) is 20.4 Å². The van der Waals surface area contributed by atoms with E-state index in [0.29, 0.717) is 29.4 Å². The lowest BCUT2D eigenvalue weighted by molar-refractivity contribution is -0.119. The Kier molecular flexibility index (Phi) is 4.74. The Morgan fingerprint density at radius 2 is 1.92 bits per heavy atom. The van der Waals surface area contributed by atoms with Gasteiger partial charge in [0.25, 0.3) is 5.56 Å². The van der Waals surface area contributed by atoms with Gasteiger partial charge in [-0.2, -0.15) is 9.78 Å². The summed E-state index contributed by atoms with van der Waals surface area (Å²) in [6, 6.07) is 0. The average Bonchev–Trinajstić information content (AvgIpc) is 3.19. The summed E-state index contributed by atoms with van der Waals surface area (Å²) in [4.78, 5) is 32.1. The molecule has 0 radical (unpaired) electrons. The molecule has 0 spiro atoms. The number of H-pyrrole nitrogens is 1. The molecule has 1 aliphatic carbocycles. The first-order chi connectivity index (χ1) is 11.9. The molecule has 1 amide bonds. The summed E-state index contributed by atoms with van der Waals surface area (Å²) >= 11 is 0. The molecule has 2 aromatic heterocycles. The van der Waals surface area contributed by atoms with Crippen LogP contribution in [0.2, 0.25) is 0 Å². The van der Waals surface area contributed by atoms with Gasteiger partial charge in [0.2, 0.25) is 11.9 Å². The van der Waals surface area contributed by atoms with E-state index in [-0.39, 0.29) is 17.4 Å². The average molecular weight is 343 g/mol. The molecule has 7 heteroatoms. The van der Waals surface area contributed by atoms with Crippen molar-refractivity contribution in [3.05, 3.63) is 32.9 Å². The van der Waals surface area contributed by atoms with Crippen molar-refractivity contribution in [3.8, 4) is 5.95 Å². The predicted molar refractivity (Wildman–Crippen MR) is 96.2 cm³/mol. The largest absolute Gasteiger partial charge is 0.310 e. The number of hydrogen-bond donors (Lipinski definition) is 2. The summed E-state index contributed by atoms with van der Waals surface area (Å²) in [6.07, 6.45) is 4.68. The molecule has 0 aliphatic heterocycles. The van der Waals surface area contributed by atoms with Crippen molar-refractivity contribution < 1.29 is 4.79 Å². The minimum Gasteiger partial charge on any atom is -0.310 e. The molecule has 0 bridgehead atoms. The molecule has 1 fully saturated rings. The maximum absolute atomic E-state index is 12.5. The minimum atomic E-state index is -0.163. The first-order valence-electron chi connectivity index (χ1n) is 8.89. The van der Waals surface area contributed by atoms with Crippen molar-refractivity contribution in [3.63, 3.8) is 0 Å². The van der Waals surface area contributed by atoms with Crippen LogP contribution in [0.5, 0.6) is 0 Å². The topological polar surface area (TPSA) is 92.7 Å². The number of carbonyl (C=O) groups is 1. The van der Waals surface area contributed by atoms with Crippen LogP contribution in [0.15, 0.2) is 4.79 Å². The molecular formula is C18H25N5O2. The van der Waals surface area contributed by atoms with Crippen molar-refractivity contribution >= 4 is 11.7 Å². The number of aromatic nitrogens is 4. The lowest BCUT2D eigenvalue weighted by atomic mass is 10.1. The van der Waals surface area contributed by atoms with Gasteiger partial charge in [-0.25, -0.2) is 4.98 Å². The Bertz CT molecular complexity index is 859. The fourth-order valence-corrected chi connectivity index (χ4v) is 3.42. The zero-order valence-electron chi connectivity index (χ0n) is 15.3. The third-order valence-corrected chi connectivity index (χ3v) is 5.09. The van der Waals surface area contributed by atoms with Crippen LogP contribution < -0.4 is 10.9 Å². The third kappa shape index (κ3) is 3.23. The van der Waals surface area contributed by atoms with Crippen molar-refractivity contribution in [2.24, 2.45) is 5.92 Å². The summed E-state index contributed by atoms with van der Waals surface area (Å²) in [6.45, 7) is 7.53. The maximum Gasteiger partial charge on any atom is 0.255 e. The molecule has 2 aromatic rings. The molecule has 1 saturated carbocycles. The van der Waals surface area contributed by atoms with Gasteiger partial charge >= 0.3 is 0 Å². The summed E-state index contributed by atoms with van der Waals surface area (Å²) in [5, 5.41) is 7.47. The Morgan fingerprint density at radius 1 is 1.24 bits per heavy atom. The van der Waals surface area contributed by atoms with Crippen molar-refractivity contribution in [1.82, 2.24) is 19.7 Å². The zero-order valence-corrected chi connectivity index (χ0v) is 15.3. The van der Waals surface area contributed by atoms with Gasteiger partial charge < -0.3 is 5.32 Å². The Balaban J connectivity index is 2.01. The first kappa shape index (κ1) is 17.4. The van der Waals surface area contributed by atoms with Crippen molar-refractivity contribution in [2.45, 2.75) is 59.8 Å². The number of nitrogens with zero attached hydrogens (tertiary/aromatic N) is 3. The minimum absolute atomic E-state index is 0.0194. The second kappa shape index (κ2) is 6.82. The van der Waals surface area contributed by atoms with E-state index in [1.807, 2.05) is 27.7 Å². The van der Waals surface area contributed by atoms with Crippen molar-refractivity contribution in [2.75, 3.05) is 5.32 Å². The fraction of sp³-hybridized carbons (Fsp3) is 0.556. The van der Waals surface area contributed by atoms with Crippen LogP contribution in [-0.2, 0) is 11.2 Å². The number of amides is 1. The molecule has 134 valence electrons. The molecule has 2 heterocycles. The van der Waals surface area contributed by atoms with E-state index in [1.54, 1.807) is 0 Å². The molecule has 1 aliphatic rings. The lowest BCUT2D eigenvalue weighted by Gasteiger charge is -2.13. The Morgan fingerprint density at radius 3 is 2.52 bits per heavy atom. The van der Waals surface area contributed by atoms with Gasteiger partial charge in [0, 0.05) is 22.7 Å². The monoisotopic (exact) mass is 343 g/mol. The number of aryl methyl sites for hydroxylation is 2. The Hall–Kier alpha value is -2.44. The lowest BCUT2D eigenvalue weighted by Crippen LogP contribution is -2.24. The van der Waals surface area contributed by atoms with Crippen molar-refractivity contribution in [1.29, 1.82) is 0 Å². The third-order valence-electron chi connectivity index (χ3n) is 5.09. The van der Waals surface area contributed by atoms with E-state index in [4.69, 9.17) is 0 Å². The first-order valence-corrected chi connectivity index (χ1v) is 8.89. The number of anilines is 1. The summed E-state index contributed by atoms with van der Waals surface area (Å²) in [7, 11) is 0. The molecule has 0 saturated heterocycles. The predicted octanol–water partition coefficient (Wildman–Crippen LogP) is 2.57. The summed E-state index contributed by atoms with van der Waals surface area (Å²) in [5.41, 5.74) is 2.86. The van der Waals surface area contributed by atoms with E-state index >= 15 is 0 Å². The number of nitrogens with one attached hydrogen (secondary N) is 2. The molecule has 0 aromatic carbocycles. The van der Waals surface area contributed by atoms with E-state index in [9.17, 15) is 9.59 Å². The van der Waals surface area contributed by atoms with Gasteiger partial charge in [-0.15, -0.1) is 0 Å². The van der Waals surface area contributed by atoms with Gasteiger partial charge in [0.1, 0.15) is 5.82 Å². The summed E-state index contributed by atoms with van der Waals surface area (Å²) < 4.78 is 1.53. The molecule has 25 heavy (non-hydrogen) atoms. The highest BCUT2D eigenvalue weighted by Gasteiger charge is 2.25. The van der Waals surface area contributed by atoms with Gasteiger partial charge in [0.15, 0.2) is 0 Å². The molecule has 3 rings (SSSR count). The number of rotatable bonds is 4. The van der Waals surface area contributed by atoms with Crippen LogP contribution in [0.1, 0.15) is 55.1 Å². The number of carbonyl (C=O) groups excluding carboxylic acids is 1. The quantitative estimate of drug-likeness (QED) is 0.892. The highest BCUT2D eigenvalue weighted by molar-refractivity contribution is 5.92. The van der Waals surface area contributed by atoms with Crippen LogP contribution in [0.3, 0.4) is 0 Å². The fourth-order valence-electron chi connectivity index (χ4n) is 3.42. The van der Waals surface area contributed by atoms with E-state index in [0.717, 1.165) is 36.9 Å². The molecular weight excluding hydrogens is 318 g/mol. The molecule has 0 atom stereocenters. The van der Waals surface area contributed by atoms with Gasteiger partial charge in [0.05, 0.1) is 5.69 Å². The molecule has 7 nitrogen and oxygen atoms in total. The maximum atomic E-state index is 12.5. The highest BCUT2D eigenvalue weighted by Crippen LogP contribution is 2.28. The van der Waals surface area contributed by atoms with Crippen LogP contribution in [0.4, 0.5) is 5.82 Å². The van der Waals surface area contributed by atoms with Gasteiger partial charge in [-0.05, 0) is 40.0 Å². The van der Waals surface area contributed by atoms with Gasteiger partial charge in [-0.3, -0.25) is 14.6 Å². The standard InChI is InChI=1S/C18H25N5O2/c1-5-14-12(4)19-18(21-17(14)25)23-15(10(2)11(3)22-23)20-16(24)13-8-6-7-9-13/h13H,5-9H2,1-4H3,(H,20,24)(H,19,21,25). The van der Waals surface area contributed by atoms with Crippen LogP contribution in [0.25, 0.3) is 5.95 Å². The van der Waals surface area contributed by atoms with Crippen LogP contribution in [-0.4, -0.2) is 25.7 Å². The Labute approximate surface area is 146 Å². The normalized spacial score (nSPS) is 14.9. The second-order valence-corrected chi connectivity index (χ2v) is 6.75. The highest BCUT2D eigenvalue weighted by atomic mass is 16.2. The van der Waals surface area contributed by atoms with Gasteiger partial charge in [-0.1, -0.05) is 19.8 Å². The SMILES string of the molecule is CCc1c(C)nc(-n2nc(C)c(C)c2NC(=O)C2CCCC2)[nH]c1=O. The zero-order chi connectivity index (χ0) is 18.1. The van der Waals surface area contributed by atoms with E-state index in [1.165, 1.54) is 4.68 Å². The summed E-state index contributed by atoms with van der Waals surface area (Å²) in [5.74, 6) is 0.990. The number of hydrogen-bond acceptors (Lipinski definition) is 4. The van der Waals surface area contributed by atoms with E-state index < -0.39 is 0 Å². The number of aromatic amines is 1. The smallest absolute Gasteiger partial charge is 0.255 e. The van der Waals surface area contributed by atoms with Crippen LogP contribution >= 0.6 is 0 Å². The molecule has 0 unspecified atom stereocenters. The second-order valence-electron chi connectivity index (χ2n) is 6.75.